The summed E-state index contributed by atoms with van der Waals surface area (Å²) in [6.07, 6.45) is 2.35. The van der Waals surface area contributed by atoms with Gasteiger partial charge >= 0.3 is 11.9 Å². The van der Waals surface area contributed by atoms with Crippen molar-refractivity contribution in [1.29, 1.82) is 0 Å². The quantitative estimate of drug-likeness (QED) is 0.662. The highest BCUT2D eigenvalue weighted by Crippen LogP contribution is 2.15. The van der Waals surface area contributed by atoms with E-state index in [1.165, 1.54) is 0 Å². The lowest BCUT2D eigenvalue weighted by atomic mass is 9.97. The van der Waals surface area contributed by atoms with E-state index < -0.39 is 11.9 Å². The van der Waals surface area contributed by atoms with E-state index in [-0.39, 0.29) is 18.3 Å². The van der Waals surface area contributed by atoms with E-state index in [1.807, 2.05) is 6.92 Å². The first-order chi connectivity index (χ1) is 6.43. The molecule has 0 heterocycles. The van der Waals surface area contributed by atoms with Crippen LogP contribution in [0.2, 0.25) is 0 Å². The molecule has 0 spiro atoms. The highest BCUT2D eigenvalue weighted by Gasteiger charge is 2.12. The van der Waals surface area contributed by atoms with Gasteiger partial charge in [-0.05, 0) is 12.3 Å². The Bertz CT molecular complexity index is 200. The van der Waals surface area contributed by atoms with Crippen LogP contribution in [-0.4, -0.2) is 22.2 Å². The molecule has 0 aromatic heterocycles. The first-order valence-corrected chi connectivity index (χ1v) is 4.88. The third kappa shape index (κ3) is 6.46. The van der Waals surface area contributed by atoms with Crippen LogP contribution in [0.3, 0.4) is 0 Å². The number of carboxylic acid groups (broad SMARTS) is 2. The molecule has 4 heteroatoms. The number of carboxylic acids is 2. The predicted octanol–water partition coefficient (Wildman–Crippen LogP) is 1.99. The van der Waals surface area contributed by atoms with Crippen LogP contribution in [0.25, 0.3) is 0 Å². The van der Waals surface area contributed by atoms with Gasteiger partial charge in [0.15, 0.2) is 0 Å². The molecule has 2 N–H and O–H groups in total. The molecule has 4 nitrogen and oxygen atoms in total. The Morgan fingerprint density at radius 2 is 1.71 bits per heavy atom. The zero-order valence-corrected chi connectivity index (χ0v) is 8.69. The minimum Gasteiger partial charge on any atom is -0.481 e. The van der Waals surface area contributed by atoms with Crippen molar-refractivity contribution in [3.8, 4) is 0 Å². The van der Waals surface area contributed by atoms with Crippen molar-refractivity contribution in [2.24, 2.45) is 11.8 Å². The average Bonchev–Trinajstić information content (AvgIpc) is 2.02. The number of hydrogen-bond donors (Lipinski definition) is 2. The summed E-state index contributed by atoms with van der Waals surface area (Å²) < 4.78 is 0. The maximum atomic E-state index is 10.5. The van der Waals surface area contributed by atoms with Crippen LogP contribution < -0.4 is 0 Å². The second kappa shape index (κ2) is 6.40. The van der Waals surface area contributed by atoms with Crippen LogP contribution in [0.1, 0.15) is 39.5 Å². The fourth-order valence-electron chi connectivity index (χ4n) is 1.30. The first-order valence-electron chi connectivity index (χ1n) is 4.88. The monoisotopic (exact) mass is 202 g/mol. The molecule has 0 aliphatic heterocycles. The van der Waals surface area contributed by atoms with Gasteiger partial charge in [0.05, 0.1) is 5.92 Å². The Balaban J connectivity index is 3.53. The molecule has 0 fully saturated rings. The van der Waals surface area contributed by atoms with Crippen molar-refractivity contribution in [3.05, 3.63) is 0 Å². The van der Waals surface area contributed by atoms with Crippen molar-refractivity contribution in [3.63, 3.8) is 0 Å². The normalized spacial score (nSPS) is 14.7. The van der Waals surface area contributed by atoms with Gasteiger partial charge in [-0.25, -0.2) is 0 Å². The molecule has 14 heavy (non-hydrogen) atoms. The predicted molar refractivity (Wildman–Crippen MR) is 52.1 cm³/mol. The summed E-state index contributed by atoms with van der Waals surface area (Å²) in [4.78, 5) is 20.8. The Labute approximate surface area is 83.9 Å². The molecule has 0 saturated carbocycles. The molecule has 0 aliphatic carbocycles. The fraction of sp³-hybridized carbons (Fsp3) is 0.800. The van der Waals surface area contributed by atoms with Crippen molar-refractivity contribution < 1.29 is 19.8 Å². The summed E-state index contributed by atoms with van der Waals surface area (Å²) in [5, 5.41) is 17.1. The Hall–Kier alpha value is -1.06. The maximum Gasteiger partial charge on any atom is 0.306 e. The Kier molecular flexibility index (Phi) is 5.92. The van der Waals surface area contributed by atoms with Gasteiger partial charge in [0, 0.05) is 6.42 Å². The second-order valence-electron chi connectivity index (χ2n) is 3.87. The molecule has 0 radical (unpaired) electrons. The topological polar surface area (TPSA) is 74.6 Å². The standard InChI is InChI=1S/C10H18O4/c1-7(6-9(11)12)4-3-5-8(2)10(13)14/h7-8H,3-6H2,1-2H3,(H,11,12)(H,13,14)/t7-,8-/m0/s1. The van der Waals surface area contributed by atoms with E-state index in [0.29, 0.717) is 6.42 Å². The van der Waals surface area contributed by atoms with Crippen LogP contribution in [0.5, 0.6) is 0 Å². The number of hydrogen-bond acceptors (Lipinski definition) is 2. The van der Waals surface area contributed by atoms with E-state index >= 15 is 0 Å². The largest absolute Gasteiger partial charge is 0.481 e. The second-order valence-corrected chi connectivity index (χ2v) is 3.87. The van der Waals surface area contributed by atoms with Gasteiger partial charge in [0.25, 0.3) is 0 Å². The molecule has 0 aliphatic rings. The van der Waals surface area contributed by atoms with Gasteiger partial charge in [0.2, 0.25) is 0 Å². The SMILES string of the molecule is C[C@@H](CCC[C@H](C)C(=O)O)CC(=O)O. The summed E-state index contributed by atoms with van der Waals surface area (Å²) in [6, 6.07) is 0. The lowest BCUT2D eigenvalue weighted by molar-refractivity contribution is -0.141. The molecule has 82 valence electrons. The molecule has 0 amide bonds. The number of carbonyl (C=O) groups is 2. The third-order valence-corrected chi connectivity index (χ3v) is 2.28. The summed E-state index contributed by atoms with van der Waals surface area (Å²) in [6.45, 7) is 3.55. The lowest BCUT2D eigenvalue weighted by Gasteiger charge is -2.09. The molecular weight excluding hydrogens is 184 g/mol. The van der Waals surface area contributed by atoms with E-state index in [0.717, 1.165) is 12.8 Å². The minimum absolute atomic E-state index is 0.133. The molecule has 2 atom stereocenters. The van der Waals surface area contributed by atoms with Gasteiger partial charge in [0.1, 0.15) is 0 Å². The zero-order valence-electron chi connectivity index (χ0n) is 8.69. The Morgan fingerprint density at radius 3 is 2.14 bits per heavy atom. The highest BCUT2D eigenvalue weighted by atomic mass is 16.4. The molecule has 0 bridgehead atoms. The van der Waals surface area contributed by atoms with Crippen molar-refractivity contribution >= 4 is 11.9 Å². The summed E-state index contributed by atoms with van der Waals surface area (Å²) >= 11 is 0. The van der Waals surface area contributed by atoms with Crippen LogP contribution in [-0.2, 0) is 9.59 Å². The number of rotatable bonds is 7. The first kappa shape index (κ1) is 12.9. The van der Waals surface area contributed by atoms with Gasteiger partial charge < -0.3 is 10.2 Å². The van der Waals surface area contributed by atoms with E-state index in [9.17, 15) is 9.59 Å². The molecule has 0 aromatic carbocycles. The minimum atomic E-state index is -0.788. The van der Waals surface area contributed by atoms with Crippen molar-refractivity contribution in [2.45, 2.75) is 39.5 Å². The Morgan fingerprint density at radius 1 is 1.14 bits per heavy atom. The van der Waals surface area contributed by atoms with Crippen molar-refractivity contribution in [2.75, 3.05) is 0 Å². The fourth-order valence-corrected chi connectivity index (χ4v) is 1.30. The summed E-state index contributed by atoms with van der Waals surface area (Å²) in [7, 11) is 0. The molecule has 0 saturated heterocycles. The lowest BCUT2D eigenvalue weighted by Crippen LogP contribution is -2.10. The van der Waals surface area contributed by atoms with Crippen molar-refractivity contribution in [1.82, 2.24) is 0 Å². The number of aliphatic carboxylic acids is 2. The van der Waals surface area contributed by atoms with Gasteiger partial charge in [-0.1, -0.05) is 26.7 Å². The summed E-state index contributed by atoms with van der Waals surface area (Å²) in [5.41, 5.74) is 0. The van der Waals surface area contributed by atoms with Crippen LogP contribution in [0.15, 0.2) is 0 Å². The molecule has 0 aromatic rings. The molecule has 0 rings (SSSR count). The van der Waals surface area contributed by atoms with Crippen LogP contribution in [0.4, 0.5) is 0 Å². The van der Waals surface area contributed by atoms with E-state index in [2.05, 4.69) is 0 Å². The summed E-state index contributed by atoms with van der Waals surface area (Å²) in [5.74, 6) is -1.76. The molecule has 0 unspecified atom stereocenters. The van der Waals surface area contributed by atoms with E-state index in [1.54, 1.807) is 6.92 Å². The smallest absolute Gasteiger partial charge is 0.306 e. The van der Waals surface area contributed by atoms with Gasteiger partial charge in [-0.2, -0.15) is 0 Å². The average molecular weight is 202 g/mol. The van der Waals surface area contributed by atoms with Crippen LogP contribution >= 0.6 is 0 Å². The van der Waals surface area contributed by atoms with E-state index in [4.69, 9.17) is 10.2 Å². The zero-order chi connectivity index (χ0) is 11.1. The van der Waals surface area contributed by atoms with Gasteiger partial charge in [-0.15, -0.1) is 0 Å². The maximum absolute atomic E-state index is 10.5. The van der Waals surface area contributed by atoms with Gasteiger partial charge in [-0.3, -0.25) is 9.59 Å². The highest BCUT2D eigenvalue weighted by molar-refractivity contribution is 5.69. The molecular formula is C10H18O4. The van der Waals surface area contributed by atoms with Crippen LogP contribution in [0, 0.1) is 11.8 Å². The third-order valence-electron chi connectivity index (χ3n) is 2.28.